The normalized spacial score (nSPS) is 15.0. The molecule has 1 saturated carbocycles. The van der Waals surface area contributed by atoms with Crippen LogP contribution in [0.3, 0.4) is 0 Å². The lowest BCUT2D eigenvalue weighted by Crippen LogP contribution is -2.31. The van der Waals surface area contributed by atoms with E-state index in [1.54, 1.807) is 13.2 Å². The maximum absolute atomic E-state index is 15.2. The summed E-state index contributed by atoms with van der Waals surface area (Å²) >= 11 is 0. The molecule has 4 aromatic rings. The van der Waals surface area contributed by atoms with Crippen molar-refractivity contribution in [3.05, 3.63) is 59.7 Å². The number of hydrogen-bond donors (Lipinski definition) is 2. The zero-order valence-electron chi connectivity index (χ0n) is 21.6. The van der Waals surface area contributed by atoms with Crippen LogP contribution in [0.2, 0.25) is 0 Å². The van der Waals surface area contributed by atoms with Crippen LogP contribution in [0.25, 0.3) is 0 Å². The number of hydrogen-bond acceptors (Lipinski definition) is 10. The summed E-state index contributed by atoms with van der Waals surface area (Å²) in [7, 11) is -1.92. The van der Waals surface area contributed by atoms with Gasteiger partial charge in [0, 0.05) is 36.8 Å². The quantitative estimate of drug-likeness (QED) is 0.342. The Morgan fingerprint density at radius 3 is 2.69 bits per heavy atom. The van der Waals surface area contributed by atoms with Gasteiger partial charge in [0.15, 0.2) is 27.2 Å². The van der Waals surface area contributed by atoms with E-state index in [4.69, 9.17) is 14.7 Å². The first-order chi connectivity index (χ1) is 18.7. The number of pyridine rings is 1. The molecule has 1 aliphatic heterocycles. The fourth-order valence-corrected chi connectivity index (χ4v) is 5.24. The summed E-state index contributed by atoms with van der Waals surface area (Å²) in [4.78, 5) is 17.7. The number of anilines is 6. The second-order valence-corrected chi connectivity index (χ2v) is 11.7. The van der Waals surface area contributed by atoms with Crippen molar-refractivity contribution < 1.29 is 17.5 Å². The predicted molar refractivity (Wildman–Crippen MR) is 145 cm³/mol. The van der Waals surface area contributed by atoms with Gasteiger partial charge in [0.1, 0.15) is 24.1 Å². The van der Waals surface area contributed by atoms with Gasteiger partial charge in [-0.15, -0.1) is 0 Å². The molecule has 1 aliphatic carbocycles. The van der Waals surface area contributed by atoms with Crippen molar-refractivity contribution in [1.29, 1.82) is 0 Å². The number of nitrogens with zero attached hydrogens (tertiary/aromatic N) is 6. The summed E-state index contributed by atoms with van der Waals surface area (Å²) in [6, 6.07) is 9.35. The third-order valence-electron chi connectivity index (χ3n) is 6.70. The molecule has 1 aromatic carbocycles. The van der Waals surface area contributed by atoms with Crippen LogP contribution >= 0.6 is 0 Å². The number of aromatic nitrogens is 5. The Labute approximate surface area is 225 Å². The van der Waals surface area contributed by atoms with E-state index in [2.05, 4.69) is 20.5 Å². The van der Waals surface area contributed by atoms with Gasteiger partial charge in [-0.05, 0) is 56.0 Å². The molecule has 0 saturated heterocycles. The number of aromatic amines is 1. The topological polar surface area (TPSA) is 129 Å². The molecule has 6 rings (SSSR count). The molecule has 202 valence electrons. The van der Waals surface area contributed by atoms with Crippen LogP contribution < -0.4 is 19.9 Å². The van der Waals surface area contributed by atoms with Crippen molar-refractivity contribution in [2.75, 3.05) is 41.6 Å². The highest BCUT2D eigenvalue weighted by atomic mass is 32.2. The average Bonchev–Trinajstić information content (AvgIpc) is 3.67. The lowest BCUT2D eigenvalue weighted by atomic mass is 10.1. The molecule has 0 unspecified atom stereocenters. The Bertz CT molecular complexity index is 1670. The first-order valence-corrected chi connectivity index (χ1v) is 14.4. The van der Waals surface area contributed by atoms with Gasteiger partial charge in [0.05, 0.1) is 17.1 Å². The number of ether oxygens (including phenoxy) is 1. The molecule has 0 bridgehead atoms. The summed E-state index contributed by atoms with van der Waals surface area (Å²) in [5.41, 5.74) is 1.95. The summed E-state index contributed by atoms with van der Waals surface area (Å²) in [5.74, 6) is 2.86. The van der Waals surface area contributed by atoms with E-state index in [1.807, 2.05) is 30.0 Å². The standard InChI is InChI=1S/C26H27FN8O3S/c1-15-13-21(33-32-15)29-23-22(16-6-7-16)25(35-11-12-38-20-5-4-10-28-24(20)35)31-26(30-23)34(2)19-9-8-17(14-18(19)27)39(3,36)37/h4-5,8-10,13-14,16H,6-7,11-12H2,1-3H3,(H2,29,30,31,32,33). The maximum Gasteiger partial charge on any atom is 0.233 e. The van der Waals surface area contributed by atoms with Crippen molar-refractivity contribution in [2.24, 2.45) is 0 Å². The number of benzene rings is 1. The van der Waals surface area contributed by atoms with Crippen LogP contribution in [0.5, 0.6) is 5.75 Å². The number of sulfone groups is 1. The smallest absolute Gasteiger partial charge is 0.233 e. The monoisotopic (exact) mass is 550 g/mol. The minimum absolute atomic E-state index is 0.102. The van der Waals surface area contributed by atoms with Crippen molar-refractivity contribution in [2.45, 2.75) is 30.6 Å². The van der Waals surface area contributed by atoms with Crippen LogP contribution in [0.4, 0.5) is 39.3 Å². The Balaban J connectivity index is 1.51. The third kappa shape index (κ3) is 4.85. The molecular weight excluding hydrogens is 523 g/mol. The molecule has 2 N–H and O–H groups in total. The highest BCUT2D eigenvalue weighted by Gasteiger charge is 2.36. The number of rotatable bonds is 7. The number of H-pyrrole nitrogens is 1. The van der Waals surface area contributed by atoms with Gasteiger partial charge in [-0.2, -0.15) is 15.1 Å². The van der Waals surface area contributed by atoms with Crippen molar-refractivity contribution >= 4 is 44.7 Å². The van der Waals surface area contributed by atoms with E-state index in [0.29, 0.717) is 42.2 Å². The van der Waals surface area contributed by atoms with Crippen LogP contribution in [0, 0.1) is 12.7 Å². The highest BCUT2D eigenvalue weighted by molar-refractivity contribution is 7.90. The van der Waals surface area contributed by atoms with Gasteiger partial charge in [0.2, 0.25) is 5.95 Å². The molecule has 3 aromatic heterocycles. The lowest BCUT2D eigenvalue weighted by molar-refractivity contribution is 0.311. The van der Waals surface area contributed by atoms with E-state index in [0.717, 1.165) is 36.4 Å². The van der Waals surface area contributed by atoms with Gasteiger partial charge < -0.3 is 19.9 Å². The van der Waals surface area contributed by atoms with E-state index < -0.39 is 15.7 Å². The summed E-state index contributed by atoms with van der Waals surface area (Å²) in [6.45, 7) is 2.87. The van der Waals surface area contributed by atoms with E-state index >= 15 is 4.39 Å². The summed E-state index contributed by atoms with van der Waals surface area (Å²) < 4.78 is 44.9. The van der Waals surface area contributed by atoms with Crippen LogP contribution in [-0.2, 0) is 9.84 Å². The van der Waals surface area contributed by atoms with E-state index in [-0.39, 0.29) is 22.4 Å². The second kappa shape index (κ2) is 9.49. The number of nitrogens with one attached hydrogen (secondary N) is 2. The number of halogens is 1. The molecule has 11 nitrogen and oxygen atoms in total. The Morgan fingerprint density at radius 2 is 2.00 bits per heavy atom. The Hall–Kier alpha value is -4.26. The van der Waals surface area contributed by atoms with Gasteiger partial charge in [0.25, 0.3) is 0 Å². The minimum Gasteiger partial charge on any atom is -0.488 e. The van der Waals surface area contributed by atoms with Gasteiger partial charge in [-0.1, -0.05) is 0 Å². The van der Waals surface area contributed by atoms with Crippen molar-refractivity contribution in [1.82, 2.24) is 25.1 Å². The zero-order chi connectivity index (χ0) is 27.3. The van der Waals surface area contributed by atoms with Gasteiger partial charge in [-0.3, -0.25) is 5.10 Å². The SMILES string of the molecule is Cc1cc(Nc2nc(N(C)c3ccc(S(C)(=O)=O)cc3F)nc(N3CCOc4cccnc43)c2C2CC2)n[nH]1. The first-order valence-electron chi connectivity index (χ1n) is 12.5. The predicted octanol–water partition coefficient (Wildman–Crippen LogP) is 4.37. The van der Waals surface area contributed by atoms with Crippen LogP contribution in [-0.4, -0.2) is 60.0 Å². The van der Waals surface area contributed by atoms with Crippen molar-refractivity contribution in [3.8, 4) is 5.75 Å². The van der Waals surface area contributed by atoms with Crippen LogP contribution in [0.15, 0.2) is 47.5 Å². The van der Waals surface area contributed by atoms with Gasteiger partial charge >= 0.3 is 0 Å². The molecule has 0 atom stereocenters. The molecule has 0 amide bonds. The molecule has 13 heteroatoms. The average molecular weight is 551 g/mol. The number of aryl methyl sites for hydroxylation is 1. The first kappa shape index (κ1) is 25.0. The van der Waals surface area contributed by atoms with E-state index in [1.165, 1.54) is 17.0 Å². The fraction of sp³-hybridized carbons (Fsp3) is 0.308. The molecule has 2 aliphatic rings. The van der Waals surface area contributed by atoms with Crippen molar-refractivity contribution in [3.63, 3.8) is 0 Å². The molecule has 0 spiro atoms. The van der Waals surface area contributed by atoms with Crippen LogP contribution in [0.1, 0.15) is 30.0 Å². The molecule has 0 radical (unpaired) electrons. The zero-order valence-corrected chi connectivity index (χ0v) is 22.5. The molecule has 39 heavy (non-hydrogen) atoms. The molecule has 4 heterocycles. The Kier molecular flexibility index (Phi) is 6.09. The van der Waals surface area contributed by atoms with E-state index in [9.17, 15) is 8.42 Å². The summed E-state index contributed by atoms with van der Waals surface area (Å²) in [5, 5.41) is 10.6. The lowest BCUT2D eigenvalue weighted by Gasteiger charge is -2.32. The minimum atomic E-state index is -3.56. The molecule has 1 fully saturated rings. The fourth-order valence-electron chi connectivity index (χ4n) is 4.60. The molecular formula is C26H27FN8O3S. The maximum atomic E-state index is 15.2. The number of fused-ring (bicyclic) bond motifs is 1. The largest absolute Gasteiger partial charge is 0.488 e. The highest BCUT2D eigenvalue weighted by Crippen LogP contribution is 2.50. The second-order valence-electron chi connectivity index (χ2n) is 9.71. The summed E-state index contributed by atoms with van der Waals surface area (Å²) in [6.07, 6.45) is 4.72. The van der Waals surface area contributed by atoms with Gasteiger partial charge in [-0.25, -0.2) is 17.8 Å². The Morgan fingerprint density at radius 1 is 1.18 bits per heavy atom. The third-order valence-corrected chi connectivity index (χ3v) is 7.81.